The second kappa shape index (κ2) is 5.04. The van der Waals surface area contributed by atoms with Crippen LogP contribution in [0.25, 0.3) is 0 Å². The van der Waals surface area contributed by atoms with Crippen LogP contribution in [0.2, 0.25) is 0 Å². The van der Waals surface area contributed by atoms with Crippen molar-refractivity contribution in [2.45, 2.75) is 12.8 Å². The summed E-state index contributed by atoms with van der Waals surface area (Å²) in [4.78, 5) is 13.9. The third-order valence-corrected chi connectivity index (χ3v) is 3.50. The quantitative estimate of drug-likeness (QED) is 0.778. The van der Waals surface area contributed by atoms with Crippen LogP contribution in [0.3, 0.4) is 0 Å². The Morgan fingerprint density at radius 3 is 2.55 bits per heavy atom. The van der Waals surface area contributed by atoms with Gasteiger partial charge in [0, 0.05) is 12.1 Å². The Morgan fingerprint density at radius 1 is 1.05 bits per heavy atom. The maximum atomic E-state index is 14.0. The van der Waals surface area contributed by atoms with Crippen LogP contribution in [0.1, 0.15) is 22.3 Å². The number of carbonyl (C=O) groups excluding carboxylic acids is 1. The molecule has 20 heavy (non-hydrogen) atoms. The molecule has 0 saturated heterocycles. The Bertz CT molecular complexity index is 652. The Balaban J connectivity index is 2.00. The number of fused-ring (bicyclic) bond motifs is 1. The molecule has 0 spiro atoms. The van der Waals surface area contributed by atoms with Gasteiger partial charge in [-0.3, -0.25) is 4.79 Å². The van der Waals surface area contributed by atoms with Crippen molar-refractivity contribution >= 4 is 11.6 Å². The van der Waals surface area contributed by atoms with Crippen LogP contribution in [-0.4, -0.2) is 12.5 Å². The summed E-state index contributed by atoms with van der Waals surface area (Å²) in [7, 11) is 0. The summed E-state index contributed by atoms with van der Waals surface area (Å²) in [6, 6.07) is 10.2. The van der Waals surface area contributed by atoms with E-state index in [1.54, 1.807) is 6.07 Å². The molecular formula is C16H13F2NO. The zero-order valence-electron chi connectivity index (χ0n) is 10.8. The van der Waals surface area contributed by atoms with Gasteiger partial charge >= 0.3 is 0 Å². The molecule has 2 aromatic carbocycles. The van der Waals surface area contributed by atoms with Crippen molar-refractivity contribution in [1.29, 1.82) is 0 Å². The topological polar surface area (TPSA) is 20.3 Å². The van der Waals surface area contributed by atoms with Gasteiger partial charge in [-0.2, -0.15) is 0 Å². The molecule has 4 heteroatoms. The molecule has 2 nitrogen and oxygen atoms in total. The SMILES string of the molecule is O=C(c1ccc(F)cc1)N1CCCc2cccc(F)c21. The molecule has 0 aromatic heterocycles. The maximum absolute atomic E-state index is 14.0. The molecule has 0 saturated carbocycles. The van der Waals surface area contributed by atoms with E-state index in [4.69, 9.17) is 0 Å². The lowest BCUT2D eigenvalue weighted by Crippen LogP contribution is -2.36. The molecule has 0 aliphatic carbocycles. The molecule has 0 atom stereocenters. The van der Waals surface area contributed by atoms with Gasteiger partial charge in [-0.05, 0) is 48.7 Å². The van der Waals surface area contributed by atoms with E-state index in [2.05, 4.69) is 0 Å². The van der Waals surface area contributed by atoms with E-state index < -0.39 is 11.6 Å². The van der Waals surface area contributed by atoms with Crippen molar-refractivity contribution < 1.29 is 13.6 Å². The smallest absolute Gasteiger partial charge is 0.258 e. The summed E-state index contributed by atoms with van der Waals surface area (Å²) in [6.07, 6.45) is 1.56. The van der Waals surface area contributed by atoms with Crippen LogP contribution in [0, 0.1) is 11.6 Å². The zero-order chi connectivity index (χ0) is 14.1. The lowest BCUT2D eigenvalue weighted by atomic mass is 10.0. The van der Waals surface area contributed by atoms with Gasteiger partial charge in [0.15, 0.2) is 0 Å². The Hall–Kier alpha value is -2.23. The van der Waals surface area contributed by atoms with Gasteiger partial charge in [-0.1, -0.05) is 12.1 Å². The summed E-state index contributed by atoms with van der Waals surface area (Å²) in [5, 5.41) is 0. The minimum atomic E-state index is -0.397. The molecule has 102 valence electrons. The zero-order valence-corrected chi connectivity index (χ0v) is 10.8. The first kappa shape index (κ1) is 12.8. The highest BCUT2D eigenvalue weighted by atomic mass is 19.1. The Labute approximate surface area is 115 Å². The van der Waals surface area contributed by atoms with Crippen LogP contribution in [0.5, 0.6) is 0 Å². The van der Waals surface area contributed by atoms with E-state index in [1.165, 1.54) is 35.2 Å². The molecule has 1 aliphatic rings. The summed E-state index contributed by atoms with van der Waals surface area (Å²) in [5.74, 6) is -1.08. The van der Waals surface area contributed by atoms with E-state index in [0.29, 0.717) is 17.8 Å². The minimum Gasteiger partial charge on any atom is -0.305 e. The number of benzene rings is 2. The predicted octanol–water partition coefficient (Wildman–Crippen LogP) is 3.56. The molecule has 1 amide bonds. The number of nitrogens with zero attached hydrogens (tertiary/aromatic N) is 1. The van der Waals surface area contributed by atoms with Crippen molar-refractivity contribution in [2.24, 2.45) is 0 Å². The highest BCUT2D eigenvalue weighted by Crippen LogP contribution is 2.31. The van der Waals surface area contributed by atoms with Crippen molar-refractivity contribution in [2.75, 3.05) is 11.4 Å². The van der Waals surface area contributed by atoms with Crippen LogP contribution in [0.15, 0.2) is 42.5 Å². The van der Waals surface area contributed by atoms with Crippen LogP contribution >= 0.6 is 0 Å². The van der Waals surface area contributed by atoms with Crippen LogP contribution in [0.4, 0.5) is 14.5 Å². The fourth-order valence-electron chi connectivity index (χ4n) is 2.55. The van der Waals surface area contributed by atoms with Crippen LogP contribution < -0.4 is 4.90 Å². The average molecular weight is 273 g/mol. The molecular weight excluding hydrogens is 260 g/mol. The monoisotopic (exact) mass is 273 g/mol. The molecule has 0 unspecified atom stereocenters. The highest BCUT2D eigenvalue weighted by Gasteiger charge is 2.26. The van der Waals surface area contributed by atoms with E-state index in [9.17, 15) is 13.6 Å². The summed E-state index contributed by atoms with van der Waals surface area (Å²) < 4.78 is 26.9. The van der Waals surface area contributed by atoms with E-state index in [-0.39, 0.29) is 5.91 Å². The fraction of sp³-hybridized carbons (Fsp3) is 0.188. The van der Waals surface area contributed by atoms with Crippen molar-refractivity contribution in [3.05, 3.63) is 65.2 Å². The average Bonchev–Trinajstić information content (AvgIpc) is 2.47. The summed E-state index contributed by atoms with van der Waals surface area (Å²) in [5.41, 5.74) is 1.56. The number of carbonyl (C=O) groups is 1. The lowest BCUT2D eigenvalue weighted by molar-refractivity contribution is 0.0984. The van der Waals surface area contributed by atoms with Crippen molar-refractivity contribution in [3.63, 3.8) is 0 Å². The molecule has 0 bridgehead atoms. The highest BCUT2D eigenvalue weighted by molar-refractivity contribution is 6.06. The number of para-hydroxylation sites is 1. The molecule has 2 aromatic rings. The van der Waals surface area contributed by atoms with E-state index in [1.807, 2.05) is 6.07 Å². The van der Waals surface area contributed by atoms with Gasteiger partial charge < -0.3 is 4.90 Å². The lowest BCUT2D eigenvalue weighted by Gasteiger charge is -2.29. The minimum absolute atomic E-state index is 0.295. The Kier molecular flexibility index (Phi) is 3.22. The molecule has 3 rings (SSSR count). The van der Waals surface area contributed by atoms with Gasteiger partial charge in [-0.25, -0.2) is 8.78 Å². The molecule has 0 radical (unpaired) electrons. The third kappa shape index (κ3) is 2.18. The van der Waals surface area contributed by atoms with Gasteiger partial charge in [-0.15, -0.1) is 0 Å². The number of halogens is 2. The van der Waals surface area contributed by atoms with E-state index in [0.717, 1.165) is 18.4 Å². The first-order chi connectivity index (χ1) is 9.66. The Morgan fingerprint density at radius 2 is 1.80 bits per heavy atom. The van der Waals surface area contributed by atoms with E-state index >= 15 is 0 Å². The third-order valence-electron chi connectivity index (χ3n) is 3.50. The van der Waals surface area contributed by atoms with Gasteiger partial charge in [0.1, 0.15) is 11.6 Å². The molecule has 0 fully saturated rings. The number of hydrogen-bond acceptors (Lipinski definition) is 1. The normalized spacial score (nSPS) is 14.0. The largest absolute Gasteiger partial charge is 0.305 e. The summed E-state index contributed by atoms with van der Waals surface area (Å²) >= 11 is 0. The predicted molar refractivity (Wildman–Crippen MR) is 72.8 cm³/mol. The van der Waals surface area contributed by atoms with Gasteiger partial charge in [0.2, 0.25) is 0 Å². The standard InChI is InChI=1S/C16H13F2NO/c17-13-8-6-12(7-9-13)16(20)19-10-2-4-11-3-1-5-14(18)15(11)19/h1,3,5-9H,2,4,10H2. The number of amides is 1. The first-order valence-corrected chi connectivity index (χ1v) is 6.51. The molecule has 1 heterocycles. The van der Waals surface area contributed by atoms with Gasteiger partial charge in [0.25, 0.3) is 5.91 Å². The van der Waals surface area contributed by atoms with Crippen molar-refractivity contribution in [3.8, 4) is 0 Å². The maximum Gasteiger partial charge on any atom is 0.258 e. The number of hydrogen-bond donors (Lipinski definition) is 0. The fourth-order valence-corrected chi connectivity index (χ4v) is 2.55. The van der Waals surface area contributed by atoms with Crippen LogP contribution in [-0.2, 0) is 6.42 Å². The second-order valence-corrected chi connectivity index (χ2v) is 4.81. The van der Waals surface area contributed by atoms with Gasteiger partial charge in [0.05, 0.1) is 5.69 Å². The molecule has 0 N–H and O–H groups in total. The van der Waals surface area contributed by atoms with Crippen molar-refractivity contribution in [1.82, 2.24) is 0 Å². The second-order valence-electron chi connectivity index (χ2n) is 4.81. The first-order valence-electron chi connectivity index (χ1n) is 6.51. The summed E-state index contributed by atoms with van der Waals surface area (Å²) in [6.45, 7) is 0.476. The number of anilines is 1. The molecule has 1 aliphatic heterocycles. The number of aryl methyl sites for hydroxylation is 1. The number of rotatable bonds is 1.